The zero-order chi connectivity index (χ0) is 16.2. The number of aryl methyl sites for hydroxylation is 1. The number of carbonyl (C=O) groups is 1. The standard InChI is InChI=1S/C17H17ClN4O/c1-22-15(21-14-6-3-8-20-17(14)22)7-9-19-16(23)11-12-4-2-5-13(18)10-12/h2-6,8,10H,7,9,11H2,1H3,(H,19,23). The molecular formula is C17H17ClN4O. The Morgan fingerprint density at radius 1 is 1.30 bits per heavy atom. The van der Waals surface area contributed by atoms with Crippen LogP contribution in [-0.4, -0.2) is 27.0 Å². The maximum Gasteiger partial charge on any atom is 0.224 e. The normalized spacial score (nSPS) is 10.9. The highest BCUT2D eigenvalue weighted by atomic mass is 35.5. The van der Waals surface area contributed by atoms with Crippen LogP contribution in [0.3, 0.4) is 0 Å². The molecule has 6 heteroatoms. The van der Waals surface area contributed by atoms with Gasteiger partial charge in [-0.3, -0.25) is 4.79 Å². The molecule has 0 atom stereocenters. The molecule has 0 radical (unpaired) electrons. The van der Waals surface area contributed by atoms with Gasteiger partial charge in [-0.2, -0.15) is 0 Å². The van der Waals surface area contributed by atoms with Gasteiger partial charge in [-0.05, 0) is 29.8 Å². The van der Waals surface area contributed by atoms with Crippen LogP contribution >= 0.6 is 11.6 Å². The van der Waals surface area contributed by atoms with E-state index < -0.39 is 0 Å². The molecule has 0 fully saturated rings. The third-order valence-electron chi connectivity index (χ3n) is 3.64. The van der Waals surface area contributed by atoms with Gasteiger partial charge in [0.2, 0.25) is 5.91 Å². The second kappa shape index (κ2) is 6.79. The molecule has 118 valence electrons. The minimum atomic E-state index is -0.0239. The van der Waals surface area contributed by atoms with Gasteiger partial charge in [-0.15, -0.1) is 0 Å². The van der Waals surface area contributed by atoms with Crippen LogP contribution in [0.5, 0.6) is 0 Å². The molecule has 0 aliphatic rings. The van der Waals surface area contributed by atoms with Gasteiger partial charge in [0.1, 0.15) is 11.3 Å². The molecule has 0 saturated heterocycles. The molecule has 1 amide bonds. The van der Waals surface area contributed by atoms with Crippen molar-refractivity contribution in [1.29, 1.82) is 0 Å². The van der Waals surface area contributed by atoms with Crippen molar-refractivity contribution < 1.29 is 4.79 Å². The van der Waals surface area contributed by atoms with E-state index in [2.05, 4.69) is 15.3 Å². The van der Waals surface area contributed by atoms with Gasteiger partial charge in [0.25, 0.3) is 0 Å². The maximum absolute atomic E-state index is 12.0. The molecule has 1 N–H and O–H groups in total. The summed E-state index contributed by atoms with van der Waals surface area (Å²) in [7, 11) is 1.94. The lowest BCUT2D eigenvalue weighted by molar-refractivity contribution is -0.120. The number of pyridine rings is 1. The zero-order valence-electron chi connectivity index (χ0n) is 12.8. The predicted molar refractivity (Wildman–Crippen MR) is 90.4 cm³/mol. The van der Waals surface area contributed by atoms with Crippen molar-refractivity contribution in [2.45, 2.75) is 12.8 Å². The van der Waals surface area contributed by atoms with Crippen LogP contribution in [0.4, 0.5) is 0 Å². The number of benzene rings is 1. The van der Waals surface area contributed by atoms with Gasteiger partial charge in [-0.1, -0.05) is 23.7 Å². The fraction of sp³-hybridized carbons (Fsp3) is 0.235. The lowest BCUT2D eigenvalue weighted by Crippen LogP contribution is -2.27. The van der Waals surface area contributed by atoms with Crippen LogP contribution < -0.4 is 5.32 Å². The van der Waals surface area contributed by atoms with Gasteiger partial charge in [0.05, 0.1) is 6.42 Å². The summed E-state index contributed by atoms with van der Waals surface area (Å²) in [6.07, 6.45) is 2.74. The second-order valence-electron chi connectivity index (χ2n) is 5.34. The number of hydrogen-bond acceptors (Lipinski definition) is 3. The third-order valence-corrected chi connectivity index (χ3v) is 3.88. The minimum absolute atomic E-state index is 0.0239. The van der Waals surface area contributed by atoms with E-state index in [4.69, 9.17) is 11.6 Å². The van der Waals surface area contributed by atoms with Crippen molar-refractivity contribution in [2.75, 3.05) is 6.54 Å². The first-order valence-corrected chi connectivity index (χ1v) is 7.79. The Hall–Kier alpha value is -2.40. The minimum Gasteiger partial charge on any atom is -0.355 e. The van der Waals surface area contributed by atoms with E-state index >= 15 is 0 Å². The average molecular weight is 329 g/mol. The van der Waals surface area contributed by atoms with E-state index in [1.807, 2.05) is 35.9 Å². The number of imidazole rings is 1. The van der Waals surface area contributed by atoms with Crippen molar-refractivity contribution in [3.8, 4) is 0 Å². The molecular weight excluding hydrogens is 312 g/mol. The van der Waals surface area contributed by atoms with Crippen LogP contribution in [0, 0.1) is 0 Å². The molecule has 2 heterocycles. The number of amides is 1. The van der Waals surface area contributed by atoms with E-state index in [1.165, 1.54) is 0 Å². The first-order chi connectivity index (χ1) is 11.1. The van der Waals surface area contributed by atoms with Gasteiger partial charge in [0.15, 0.2) is 5.65 Å². The Kier molecular flexibility index (Phi) is 4.57. The van der Waals surface area contributed by atoms with E-state index in [1.54, 1.807) is 18.3 Å². The monoisotopic (exact) mass is 328 g/mol. The van der Waals surface area contributed by atoms with Gasteiger partial charge in [-0.25, -0.2) is 9.97 Å². The first kappa shape index (κ1) is 15.5. The predicted octanol–water partition coefficient (Wildman–Crippen LogP) is 2.52. The van der Waals surface area contributed by atoms with Crippen LogP contribution in [-0.2, 0) is 24.7 Å². The van der Waals surface area contributed by atoms with Gasteiger partial charge in [0, 0.05) is 31.2 Å². The number of rotatable bonds is 5. The molecule has 1 aromatic carbocycles. The van der Waals surface area contributed by atoms with E-state index in [-0.39, 0.29) is 5.91 Å². The number of hydrogen-bond donors (Lipinski definition) is 1. The highest BCUT2D eigenvalue weighted by molar-refractivity contribution is 6.30. The summed E-state index contributed by atoms with van der Waals surface area (Å²) >= 11 is 5.92. The summed E-state index contributed by atoms with van der Waals surface area (Å²) in [5, 5.41) is 3.56. The smallest absolute Gasteiger partial charge is 0.224 e. The third kappa shape index (κ3) is 3.68. The number of halogens is 1. The molecule has 3 rings (SSSR count). The van der Waals surface area contributed by atoms with Gasteiger partial charge >= 0.3 is 0 Å². The summed E-state index contributed by atoms with van der Waals surface area (Å²) in [6, 6.07) is 11.1. The van der Waals surface area contributed by atoms with Crippen molar-refractivity contribution in [1.82, 2.24) is 19.9 Å². The van der Waals surface area contributed by atoms with Crippen LogP contribution in [0.2, 0.25) is 5.02 Å². The van der Waals surface area contributed by atoms with E-state index in [9.17, 15) is 4.79 Å². The molecule has 23 heavy (non-hydrogen) atoms. The number of nitrogens with one attached hydrogen (secondary N) is 1. The number of carbonyl (C=O) groups excluding carboxylic acids is 1. The highest BCUT2D eigenvalue weighted by Gasteiger charge is 2.09. The Bertz CT molecular complexity index is 843. The Morgan fingerprint density at radius 2 is 2.17 bits per heavy atom. The SMILES string of the molecule is Cn1c(CCNC(=O)Cc2cccc(Cl)c2)nc2cccnc21. The summed E-state index contributed by atoms with van der Waals surface area (Å²) in [5.41, 5.74) is 2.63. The molecule has 0 saturated carbocycles. The molecule has 0 bridgehead atoms. The topological polar surface area (TPSA) is 59.8 Å². The lowest BCUT2D eigenvalue weighted by atomic mass is 10.1. The molecule has 3 aromatic rings. The molecule has 0 aliphatic carbocycles. The fourth-order valence-corrected chi connectivity index (χ4v) is 2.72. The lowest BCUT2D eigenvalue weighted by Gasteiger charge is -2.06. The molecule has 0 unspecified atom stereocenters. The largest absolute Gasteiger partial charge is 0.355 e. The second-order valence-corrected chi connectivity index (χ2v) is 5.78. The van der Waals surface area contributed by atoms with Crippen molar-refractivity contribution >= 4 is 28.7 Å². The Labute approximate surface area is 139 Å². The highest BCUT2D eigenvalue weighted by Crippen LogP contribution is 2.12. The van der Waals surface area contributed by atoms with Crippen molar-refractivity contribution in [2.24, 2.45) is 7.05 Å². The van der Waals surface area contributed by atoms with Crippen LogP contribution in [0.25, 0.3) is 11.2 Å². The van der Waals surface area contributed by atoms with Crippen molar-refractivity contribution in [3.63, 3.8) is 0 Å². The number of nitrogens with zero attached hydrogens (tertiary/aromatic N) is 3. The van der Waals surface area contributed by atoms with E-state index in [0.717, 1.165) is 22.6 Å². The first-order valence-electron chi connectivity index (χ1n) is 7.41. The van der Waals surface area contributed by atoms with Crippen molar-refractivity contribution in [3.05, 3.63) is 59.0 Å². The Morgan fingerprint density at radius 3 is 2.96 bits per heavy atom. The molecule has 0 spiro atoms. The van der Waals surface area contributed by atoms with Gasteiger partial charge < -0.3 is 9.88 Å². The molecule has 5 nitrogen and oxygen atoms in total. The number of fused-ring (bicyclic) bond motifs is 1. The van der Waals surface area contributed by atoms with E-state index in [0.29, 0.717) is 24.4 Å². The average Bonchev–Trinajstić information content (AvgIpc) is 2.84. The molecule has 0 aliphatic heterocycles. The molecule has 2 aromatic heterocycles. The van der Waals surface area contributed by atoms with Crippen LogP contribution in [0.15, 0.2) is 42.6 Å². The zero-order valence-corrected chi connectivity index (χ0v) is 13.5. The van der Waals surface area contributed by atoms with Crippen LogP contribution in [0.1, 0.15) is 11.4 Å². The summed E-state index contributed by atoms with van der Waals surface area (Å²) in [5.74, 6) is 0.880. The fourth-order valence-electron chi connectivity index (χ4n) is 2.50. The quantitative estimate of drug-likeness (QED) is 0.783. The summed E-state index contributed by atoms with van der Waals surface area (Å²) < 4.78 is 1.96. The maximum atomic E-state index is 12.0. The number of aromatic nitrogens is 3. The summed E-state index contributed by atoms with van der Waals surface area (Å²) in [4.78, 5) is 20.8. The summed E-state index contributed by atoms with van der Waals surface area (Å²) in [6.45, 7) is 0.538. The Balaban J connectivity index is 1.56.